The summed E-state index contributed by atoms with van der Waals surface area (Å²) in [4.78, 5) is 0. The predicted octanol–water partition coefficient (Wildman–Crippen LogP) is -0.229. The zero-order valence-electron chi connectivity index (χ0n) is 8.90. The van der Waals surface area contributed by atoms with Crippen LogP contribution in [0.3, 0.4) is 0 Å². The van der Waals surface area contributed by atoms with Gasteiger partial charge in [0.25, 0.3) is 0 Å². The number of aryl methyl sites for hydroxylation is 1. The first-order valence-corrected chi connectivity index (χ1v) is 6.38. The quantitative estimate of drug-likeness (QED) is 0.664. The fourth-order valence-corrected chi connectivity index (χ4v) is 2.07. The Labute approximate surface area is 89.7 Å². The Hall–Kier alpha value is -1.08. The third-order valence-electron chi connectivity index (χ3n) is 1.78. The average molecular weight is 232 g/mol. The average Bonchev–Trinajstić information content (AvgIpc) is 2.50. The Morgan fingerprint density at radius 3 is 2.80 bits per heavy atom. The lowest BCUT2D eigenvalue weighted by molar-refractivity contribution is 0.597. The molecule has 0 bridgehead atoms. The molecule has 6 nitrogen and oxygen atoms in total. The second kappa shape index (κ2) is 5.13. The number of aromatic nitrogens is 2. The fraction of sp³-hybridized carbons (Fsp3) is 0.625. The van der Waals surface area contributed by atoms with Crippen LogP contribution < -0.4 is 10.0 Å². The molecule has 0 aliphatic carbocycles. The van der Waals surface area contributed by atoms with Crippen LogP contribution in [0.2, 0.25) is 0 Å². The maximum absolute atomic E-state index is 11.5. The van der Waals surface area contributed by atoms with Gasteiger partial charge in [-0.25, -0.2) is 8.42 Å². The summed E-state index contributed by atoms with van der Waals surface area (Å²) in [7, 11) is -1.53. The van der Waals surface area contributed by atoms with Gasteiger partial charge in [-0.15, -0.1) is 0 Å². The van der Waals surface area contributed by atoms with Gasteiger partial charge in [-0.1, -0.05) is 6.92 Å². The summed E-state index contributed by atoms with van der Waals surface area (Å²) < 4.78 is 27.0. The summed E-state index contributed by atoms with van der Waals surface area (Å²) in [6, 6.07) is 0. The highest BCUT2D eigenvalue weighted by atomic mass is 32.2. The van der Waals surface area contributed by atoms with Crippen LogP contribution in [0.1, 0.15) is 6.92 Å². The summed E-state index contributed by atoms with van der Waals surface area (Å²) in [6.45, 7) is 3.15. The zero-order chi connectivity index (χ0) is 11.3. The van der Waals surface area contributed by atoms with Gasteiger partial charge < -0.3 is 5.32 Å². The van der Waals surface area contributed by atoms with Crippen LogP contribution >= 0.6 is 0 Å². The standard InChI is InChI=1S/C8H16N4O2S/c1-3-9-4-5-15(13,14)11-8-6-10-12(2)7-8/h6-7,9,11H,3-5H2,1-2H3. The summed E-state index contributed by atoms with van der Waals surface area (Å²) >= 11 is 0. The Morgan fingerprint density at radius 1 is 1.53 bits per heavy atom. The molecule has 0 atom stereocenters. The molecule has 1 rings (SSSR count). The number of hydrogen-bond donors (Lipinski definition) is 2. The number of sulfonamides is 1. The molecular weight excluding hydrogens is 216 g/mol. The van der Waals surface area contributed by atoms with Crippen molar-refractivity contribution in [2.24, 2.45) is 7.05 Å². The Balaban J connectivity index is 2.49. The van der Waals surface area contributed by atoms with Gasteiger partial charge in [0.2, 0.25) is 10.0 Å². The highest BCUT2D eigenvalue weighted by Crippen LogP contribution is 2.06. The van der Waals surface area contributed by atoms with Crippen molar-refractivity contribution in [1.82, 2.24) is 15.1 Å². The molecule has 1 heterocycles. The van der Waals surface area contributed by atoms with Gasteiger partial charge in [0.15, 0.2) is 0 Å². The van der Waals surface area contributed by atoms with Gasteiger partial charge in [-0.3, -0.25) is 9.40 Å². The first-order chi connectivity index (χ1) is 7.03. The van der Waals surface area contributed by atoms with Gasteiger partial charge in [0.1, 0.15) is 0 Å². The van der Waals surface area contributed by atoms with E-state index in [0.29, 0.717) is 12.2 Å². The summed E-state index contributed by atoms with van der Waals surface area (Å²) in [6.07, 6.45) is 3.09. The molecule has 1 aromatic rings. The molecule has 7 heteroatoms. The molecule has 0 saturated carbocycles. The number of nitrogens with zero attached hydrogens (tertiary/aromatic N) is 2. The minimum atomic E-state index is -3.26. The van der Waals surface area contributed by atoms with E-state index in [0.717, 1.165) is 6.54 Å². The van der Waals surface area contributed by atoms with Crippen molar-refractivity contribution in [3.63, 3.8) is 0 Å². The lowest BCUT2D eigenvalue weighted by Crippen LogP contribution is -2.26. The molecule has 0 spiro atoms. The van der Waals surface area contributed by atoms with Crippen molar-refractivity contribution >= 4 is 15.7 Å². The normalized spacial score (nSPS) is 11.6. The van der Waals surface area contributed by atoms with Crippen LogP contribution in [0.25, 0.3) is 0 Å². The molecule has 15 heavy (non-hydrogen) atoms. The molecule has 2 N–H and O–H groups in total. The van der Waals surface area contributed by atoms with E-state index < -0.39 is 10.0 Å². The first kappa shape index (κ1) is 12.0. The molecule has 86 valence electrons. The highest BCUT2D eigenvalue weighted by molar-refractivity contribution is 7.92. The van der Waals surface area contributed by atoms with Gasteiger partial charge in [0, 0.05) is 19.8 Å². The molecule has 0 aliphatic rings. The van der Waals surface area contributed by atoms with Crippen LogP contribution in [0.5, 0.6) is 0 Å². The molecule has 0 aliphatic heterocycles. The maximum Gasteiger partial charge on any atom is 0.234 e. The predicted molar refractivity (Wildman–Crippen MR) is 59.2 cm³/mol. The third kappa shape index (κ3) is 4.30. The summed E-state index contributed by atoms with van der Waals surface area (Å²) in [5.74, 6) is 0.0652. The Bertz CT molecular complexity index is 399. The monoisotopic (exact) mass is 232 g/mol. The molecule has 0 radical (unpaired) electrons. The maximum atomic E-state index is 11.5. The van der Waals surface area contributed by atoms with Crippen LogP contribution in [-0.2, 0) is 17.1 Å². The van der Waals surface area contributed by atoms with E-state index in [-0.39, 0.29) is 5.75 Å². The molecule has 0 fully saturated rings. The first-order valence-electron chi connectivity index (χ1n) is 4.73. The minimum Gasteiger partial charge on any atom is -0.316 e. The topological polar surface area (TPSA) is 76.0 Å². The molecule has 0 unspecified atom stereocenters. The van der Waals surface area contributed by atoms with E-state index in [9.17, 15) is 8.42 Å². The van der Waals surface area contributed by atoms with E-state index in [2.05, 4.69) is 15.1 Å². The van der Waals surface area contributed by atoms with Gasteiger partial charge >= 0.3 is 0 Å². The highest BCUT2D eigenvalue weighted by Gasteiger charge is 2.10. The van der Waals surface area contributed by atoms with E-state index in [1.165, 1.54) is 6.20 Å². The zero-order valence-corrected chi connectivity index (χ0v) is 9.71. The smallest absolute Gasteiger partial charge is 0.234 e. The van der Waals surface area contributed by atoms with Gasteiger partial charge in [-0.05, 0) is 6.54 Å². The second-order valence-corrected chi connectivity index (χ2v) is 5.02. The van der Waals surface area contributed by atoms with E-state index in [1.54, 1.807) is 17.9 Å². The largest absolute Gasteiger partial charge is 0.316 e. The lowest BCUT2D eigenvalue weighted by Gasteiger charge is -2.05. The van der Waals surface area contributed by atoms with E-state index >= 15 is 0 Å². The van der Waals surface area contributed by atoms with Crippen molar-refractivity contribution in [3.8, 4) is 0 Å². The molecule has 0 amide bonds. The van der Waals surface area contributed by atoms with Crippen molar-refractivity contribution in [2.75, 3.05) is 23.6 Å². The van der Waals surface area contributed by atoms with Crippen molar-refractivity contribution < 1.29 is 8.42 Å². The lowest BCUT2D eigenvalue weighted by atomic mass is 10.6. The second-order valence-electron chi connectivity index (χ2n) is 3.18. The van der Waals surface area contributed by atoms with E-state index in [1.807, 2.05) is 6.92 Å². The van der Waals surface area contributed by atoms with Gasteiger partial charge in [0.05, 0.1) is 17.6 Å². The van der Waals surface area contributed by atoms with Crippen LogP contribution in [0.4, 0.5) is 5.69 Å². The Kier molecular flexibility index (Phi) is 4.10. The van der Waals surface area contributed by atoms with Gasteiger partial charge in [-0.2, -0.15) is 5.10 Å². The van der Waals surface area contributed by atoms with Crippen LogP contribution in [0, 0.1) is 0 Å². The number of hydrogen-bond acceptors (Lipinski definition) is 4. The molecular formula is C8H16N4O2S. The van der Waals surface area contributed by atoms with Crippen molar-refractivity contribution in [1.29, 1.82) is 0 Å². The summed E-state index contributed by atoms with van der Waals surface area (Å²) in [5, 5.41) is 6.83. The Morgan fingerprint density at radius 2 is 2.27 bits per heavy atom. The van der Waals surface area contributed by atoms with Crippen LogP contribution in [0.15, 0.2) is 12.4 Å². The molecule has 0 aromatic carbocycles. The third-order valence-corrected chi connectivity index (χ3v) is 3.06. The number of nitrogens with one attached hydrogen (secondary N) is 2. The SMILES string of the molecule is CCNCCS(=O)(=O)Nc1cnn(C)c1. The number of anilines is 1. The minimum absolute atomic E-state index is 0.0652. The molecule has 0 saturated heterocycles. The van der Waals surface area contributed by atoms with Crippen LogP contribution in [-0.4, -0.2) is 37.0 Å². The molecule has 1 aromatic heterocycles. The van der Waals surface area contributed by atoms with Crippen molar-refractivity contribution in [2.45, 2.75) is 6.92 Å². The number of rotatable bonds is 6. The summed E-state index contributed by atoms with van der Waals surface area (Å²) in [5.41, 5.74) is 0.494. The van der Waals surface area contributed by atoms with E-state index in [4.69, 9.17) is 0 Å². The van der Waals surface area contributed by atoms with Crippen molar-refractivity contribution in [3.05, 3.63) is 12.4 Å². The fourth-order valence-electron chi connectivity index (χ4n) is 1.09.